The van der Waals surface area contributed by atoms with Gasteiger partial charge in [-0.2, -0.15) is 18.2 Å². The summed E-state index contributed by atoms with van der Waals surface area (Å²) < 4.78 is 55.7. The molecule has 1 aliphatic heterocycles. The summed E-state index contributed by atoms with van der Waals surface area (Å²) in [6.07, 6.45) is -4.02. The molecule has 2 heterocycles. The van der Waals surface area contributed by atoms with Crippen LogP contribution in [0, 0.1) is 11.3 Å². The largest absolute Gasteiger partial charge is 0.477 e. The third-order valence-electron chi connectivity index (χ3n) is 4.81. The van der Waals surface area contributed by atoms with E-state index in [0.717, 1.165) is 12.1 Å². The Kier molecular flexibility index (Phi) is 8.71. The molecule has 1 aromatic rings. The highest BCUT2D eigenvalue weighted by Crippen LogP contribution is 2.36. The number of amides is 2. The Morgan fingerprint density at radius 2 is 1.88 bits per heavy atom. The molecular weight excluding hydrogens is 431 g/mol. The molecule has 11 heteroatoms. The fourth-order valence-corrected chi connectivity index (χ4v) is 3.18. The van der Waals surface area contributed by atoms with Gasteiger partial charge in [-0.15, -0.1) is 0 Å². The van der Waals surface area contributed by atoms with Crippen LogP contribution in [-0.2, 0) is 15.7 Å². The molecule has 1 atom stereocenters. The van der Waals surface area contributed by atoms with Crippen molar-refractivity contribution in [2.24, 2.45) is 11.3 Å². The number of nitrogens with zero attached hydrogens (tertiary/aromatic N) is 1. The summed E-state index contributed by atoms with van der Waals surface area (Å²) in [6, 6.07) is 0.800. The lowest BCUT2D eigenvalue weighted by molar-refractivity contribution is -0.139. The topological polar surface area (TPSA) is 98.8 Å². The van der Waals surface area contributed by atoms with Gasteiger partial charge in [0, 0.05) is 26.3 Å². The van der Waals surface area contributed by atoms with Crippen molar-refractivity contribution < 1.29 is 37.0 Å². The quantitative estimate of drug-likeness (QED) is 0.645. The van der Waals surface area contributed by atoms with E-state index in [4.69, 9.17) is 14.2 Å². The third kappa shape index (κ3) is 8.18. The average molecular weight is 461 g/mol. The molecule has 0 bridgehead atoms. The number of pyridine rings is 1. The minimum Gasteiger partial charge on any atom is -0.477 e. The molecule has 0 aromatic carbocycles. The number of carbonyl (C=O) groups is 2. The highest BCUT2D eigenvalue weighted by molar-refractivity contribution is 5.85. The Morgan fingerprint density at radius 3 is 2.44 bits per heavy atom. The summed E-state index contributed by atoms with van der Waals surface area (Å²) in [5.74, 6) is -1.40. The zero-order valence-electron chi connectivity index (χ0n) is 18.7. The summed E-state index contributed by atoms with van der Waals surface area (Å²) in [5, 5.41) is 4.89. The van der Waals surface area contributed by atoms with E-state index < -0.39 is 35.7 Å². The van der Waals surface area contributed by atoms with E-state index in [0.29, 0.717) is 32.5 Å². The van der Waals surface area contributed by atoms with E-state index >= 15 is 0 Å². The zero-order chi connectivity index (χ0) is 23.9. The SMILES string of the molecule is CNC(=O)[C@H](CC(C)(C)C)NC(=O)Oc1ccc(C(F)(F)F)c(OCC2CCOCC2)n1. The Hall–Kier alpha value is -2.56. The molecule has 0 saturated carbocycles. The van der Waals surface area contributed by atoms with Crippen LogP contribution >= 0.6 is 0 Å². The maximum absolute atomic E-state index is 13.4. The van der Waals surface area contributed by atoms with Crippen molar-refractivity contribution in [3.63, 3.8) is 0 Å². The second kappa shape index (κ2) is 10.8. The van der Waals surface area contributed by atoms with Crippen LogP contribution in [0.15, 0.2) is 12.1 Å². The van der Waals surface area contributed by atoms with Crippen LogP contribution in [0.5, 0.6) is 11.8 Å². The van der Waals surface area contributed by atoms with E-state index in [9.17, 15) is 22.8 Å². The number of ether oxygens (including phenoxy) is 3. The van der Waals surface area contributed by atoms with Crippen LogP contribution in [0.2, 0.25) is 0 Å². The normalized spacial score (nSPS) is 16.2. The van der Waals surface area contributed by atoms with Gasteiger partial charge in [0.05, 0.1) is 6.61 Å². The van der Waals surface area contributed by atoms with Crippen molar-refractivity contribution in [1.82, 2.24) is 15.6 Å². The fraction of sp³-hybridized carbons (Fsp3) is 0.667. The minimum atomic E-state index is -4.68. The molecule has 1 saturated heterocycles. The van der Waals surface area contributed by atoms with Gasteiger partial charge in [-0.05, 0) is 36.7 Å². The molecule has 2 N–H and O–H groups in total. The van der Waals surface area contributed by atoms with Gasteiger partial charge in [0.15, 0.2) is 0 Å². The molecule has 1 fully saturated rings. The Bertz CT molecular complexity index is 790. The Balaban J connectivity index is 2.12. The van der Waals surface area contributed by atoms with Gasteiger partial charge >= 0.3 is 12.3 Å². The molecule has 1 aromatic heterocycles. The molecule has 0 radical (unpaired) electrons. The number of alkyl halides is 3. The van der Waals surface area contributed by atoms with Gasteiger partial charge in [-0.25, -0.2) is 4.79 Å². The second-order valence-electron chi connectivity index (χ2n) is 8.83. The lowest BCUT2D eigenvalue weighted by Crippen LogP contribution is -2.48. The van der Waals surface area contributed by atoms with Gasteiger partial charge in [-0.3, -0.25) is 4.79 Å². The maximum atomic E-state index is 13.4. The number of aromatic nitrogens is 1. The van der Waals surface area contributed by atoms with Crippen molar-refractivity contribution in [3.8, 4) is 11.8 Å². The first-order valence-electron chi connectivity index (χ1n) is 10.4. The molecular formula is C21H30F3N3O5. The smallest absolute Gasteiger partial charge is 0.421 e. The van der Waals surface area contributed by atoms with Crippen molar-refractivity contribution in [2.75, 3.05) is 26.9 Å². The number of hydrogen-bond donors (Lipinski definition) is 2. The van der Waals surface area contributed by atoms with Crippen LogP contribution in [0.4, 0.5) is 18.0 Å². The predicted octanol–water partition coefficient (Wildman–Crippen LogP) is 3.55. The summed E-state index contributed by atoms with van der Waals surface area (Å²) in [6.45, 7) is 6.79. The van der Waals surface area contributed by atoms with Crippen LogP contribution in [-0.4, -0.2) is 49.9 Å². The number of halogens is 3. The Morgan fingerprint density at radius 1 is 1.22 bits per heavy atom. The minimum absolute atomic E-state index is 0.0411. The van der Waals surface area contributed by atoms with Crippen LogP contribution < -0.4 is 20.1 Å². The Labute approximate surface area is 185 Å². The molecule has 180 valence electrons. The molecule has 1 aliphatic rings. The van der Waals surface area contributed by atoms with E-state index in [-0.39, 0.29) is 23.8 Å². The monoisotopic (exact) mass is 461 g/mol. The van der Waals surface area contributed by atoms with Crippen molar-refractivity contribution in [3.05, 3.63) is 17.7 Å². The maximum Gasteiger partial charge on any atom is 0.421 e. The van der Waals surface area contributed by atoms with Crippen molar-refractivity contribution in [1.29, 1.82) is 0 Å². The first-order chi connectivity index (χ1) is 14.9. The first-order valence-corrected chi connectivity index (χ1v) is 10.4. The number of likely N-dealkylation sites (N-methyl/N-ethyl adjacent to an activating group) is 1. The predicted molar refractivity (Wildman–Crippen MR) is 109 cm³/mol. The van der Waals surface area contributed by atoms with Crippen molar-refractivity contribution in [2.45, 2.75) is 52.3 Å². The summed E-state index contributed by atoms with van der Waals surface area (Å²) >= 11 is 0. The van der Waals surface area contributed by atoms with Gasteiger partial charge in [-0.1, -0.05) is 20.8 Å². The summed E-state index contributed by atoms with van der Waals surface area (Å²) in [5.41, 5.74) is -1.34. The van der Waals surface area contributed by atoms with Crippen molar-refractivity contribution >= 4 is 12.0 Å². The summed E-state index contributed by atoms with van der Waals surface area (Å²) in [7, 11) is 1.44. The molecule has 0 aliphatic carbocycles. The second-order valence-corrected chi connectivity index (χ2v) is 8.83. The molecule has 0 unspecified atom stereocenters. The molecule has 8 nitrogen and oxygen atoms in total. The number of hydrogen-bond acceptors (Lipinski definition) is 6. The van der Waals surface area contributed by atoms with E-state index in [1.54, 1.807) is 0 Å². The highest BCUT2D eigenvalue weighted by atomic mass is 19.4. The van der Waals surface area contributed by atoms with E-state index in [1.807, 2.05) is 20.8 Å². The fourth-order valence-electron chi connectivity index (χ4n) is 3.18. The number of nitrogens with one attached hydrogen (secondary N) is 2. The third-order valence-corrected chi connectivity index (χ3v) is 4.81. The standard InChI is InChI=1S/C21H30F3N3O5/c1-20(2,3)11-15(17(28)25-4)26-19(29)32-16-6-5-14(21(22,23)24)18(27-16)31-12-13-7-9-30-10-8-13/h5-6,13,15H,7-12H2,1-4H3,(H,25,28)(H,26,29)/t15-/m0/s1. The average Bonchev–Trinajstić information content (AvgIpc) is 2.70. The molecule has 2 rings (SSSR count). The lowest BCUT2D eigenvalue weighted by Gasteiger charge is -2.25. The molecule has 2 amide bonds. The first kappa shape index (κ1) is 25.7. The van der Waals surface area contributed by atoms with Gasteiger partial charge in [0.1, 0.15) is 11.6 Å². The zero-order valence-corrected chi connectivity index (χ0v) is 18.7. The highest BCUT2D eigenvalue weighted by Gasteiger charge is 2.36. The number of rotatable bonds is 7. The van der Waals surface area contributed by atoms with Crippen LogP contribution in [0.1, 0.15) is 45.6 Å². The lowest BCUT2D eigenvalue weighted by atomic mass is 9.88. The number of carbonyl (C=O) groups excluding carboxylic acids is 2. The van der Waals surface area contributed by atoms with Crippen LogP contribution in [0.3, 0.4) is 0 Å². The van der Waals surface area contributed by atoms with Gasteiger partial charge < -0.3 is 24.8 Å². The van der Waals surface area contributed by atoms with Gasteiger partial charge in [0.25, 0.3) is 0 Å². The van der Waals surface area contributed by atoms with Crippen LogP contribution in [0.25, 0.3) is 0 Å². The van der Waals surface area contributed by atoms with E-state index in [2.05, 4.69) is 15.6 Å². The molecule has 32 heavy (non-hydrogen) atoms. The molecule has 0 spiro atoms. The van der Waals surface area contributed by atoms with E-state index in [1.165, 1.54) is 7.05 Å². The summed E-state index contributed by atoms with van der Waals surface area (Å²) in [4.78, 5) is 28.1. The van der Waals surface area contributed by atoms with Gasteiger partial charge in [0.2, 0.25) is 17.7 Å².